The molecule has 1 aromatic heterocycles. The number of rotatable bonds is 14. The molecule has 4 N–H and O–H groups in total. The van der Waals surface area contributed by atoms with Crippen LogP contribution in [0.1, 0.15) is 84.0 Å². The Bertz CT molecular complexity index is 1150. The van der Waals surface area contributed by atoms with Crippen LogP contribution >= 0.6 is 0 Å². The van der Waals surface area contributed by atoms with Crippen LogP contribution in [0.25, 0.3) is 22.2 Å². The Balaban J connectivity index is 1.69. The lowest BCUT2D eigenvalue weighted by Crippen LogP contribution is -2.13. The Morgan fingerprint density at radius 2 is 1.23 bits per heavy atom. The first kappa shape index (κ1) is 26.5. The fourth-order valence-electron chi connectivity index (χ4n) is 4.77. The molecule has 190 valence electrons. The summed E-state index contributed by atoms with van der Waals surface area (Å²) in [6.07, 6.45) is 14.7. The molecule has 0 bridgehead atoms. The van der Waals surface area contributed by atoms with Gasteiger partial charge in [-0.2, -0.15) is 0 Å². The van der Waals surface area contributed by atoms with Gasteiger partial charge in [0.1, 0.15) is 17.2 Å². The largest absolute Gasteiger partial charge is 0.508 e. The molecule has 0 aliphatic carbocycles. The van der Waals surface area contributed by atoms with Crippen molar-refractivity contribution in [2.45, 2.75) is 90.5 Å². The maximum Gasteiger partial charge on any atom is 0.235 e. The molecule has 0 unspecified atom stereocenters. The van der Waals surface area contributed by atoms with Gasteiger partial charge < -0.3 is 25.0 Å². The number of nitrogens with zero attached hydrogens (tertiary/aromatic N) is 1. The lowest BCUT2D eigenvalue weighted by Gasteiger charge is -2.19. The molecular weight excluding hydrogens is 442 g/mol. The fraction of sp³-hybridized carbons (Fsp3) is 0.483. The highest BCUT2D eigenvalue weighted by molar-refractivity contribution is 5.91. The Morgan fingerprint density at radius 1 is 0.686 bits per heavy atom. The van der Waals surface area contributed by atoms with Crippen LogP contribution in [0.5, 0.6) is 23.0 Å². The van der Waals surface area contributed by atoms with Crippen LogP contribution in [-0.2, 0) is 6.54 Å². The molecule has 0 fully saturated rings. The van der Waals surface area contributed by atoms with Crippen molar-refractivity contribution < 1.29 is 20.4 Å². The third kappa shape index (κ3) is 6.93. The molecule has 0 saturated heterocycles. The summed E-state index contributed by atoms with van der Waals surface area (Å²) in [6.45, 7) is 2.76. The number of phenolic OH excluding ortho intramolecular Hbond substituents is 3. The van der Waals surface area contributed by atoms with Gasteiger partial charge >= 0.3 is 0 Å². The number of phenols is 3. The van der Waals surface area contributed by atoms with E-state index in [1.54, 1.807) is 16.7 Å². The zero-order valence-corrected chi connectivity index (χ0v) is 20.8. The minimum absolute atomic E-state index is 0.0123. The molecule has 3 aromatic rings. The van der Waals surface area contributed by atoms with E-state index in [9.17, 15) is 25.2 Å². The van der Waals surface area contributed by atoms with Gasteiger partial charge in [0.2, 0.25) is 5.43 Å². The molecule has 6 heteroatoms. The van der Waals surface area contributed by atoms with Gasteiger partial charge in [-0.1, -0.05) is 77.6 Å². The van der Waals surface area contributed by atoms with E-state index in [1.165, 1.54) is 76.0 Å². The van der Waals surface area contributed by atoms with E-state index in [0.717, 1.165) is 25.3 Å². The number of aromatic hydroxyl groups is 4. The van der Waals surface area contributed by atoms with Crippen molar-refractivity contribution in [1.29, 1.82) is 0 Å². The zero-order chi connectivity index (χ0) is 25.2. The molecule has 6 nitrogen and oxygen atoms in total. The van der Waals surface area contributed by atoms with Crippen LogP contribution in [0, 0.1) is 0 Å². The van der Waals surface area contributed by atoms with Gasteiger partial charge in [-0.05, 0) is 30.7 Å². The lowest BCUT2D eigenvalue weighted by atomic mass is 10.0. The van der Waals surface area contributed by atoms with E-state index in [-0.39, 0.29) is 22.6 Å². The van der Waals surface area contributed by atoms with E-state index in [4.69, 9.17) is 0 Å². The first-order chi connectivity index (χ1) is 16.9. The molecule has 2 aromatic carbocycles. The van der Waals surface area contributed by atoms with Gasteiger partial charge in [0.25, 0.3) is 0 Å². The molecule has 0 radical (unpaired) electrons. The normalized spacial score (nSPS) is 11.3. The number of aryl methyl sites for hydroxylation is 1. The van der Waals surface area contributed by atoms with Crippen molar-refractivity contribution in [3.63, 3.8) is 0 Å². The first-order valence-corrected chi connectivity index (χ1v) is 13.0. The minimum atomic E-state index is -0.688. The highest BCUT2D eigenvalue weighted by Crippen LogP contribution is 2.36. The van der Waals surface area contributed by atoms with Crippen molar-refractivity contribution in [3.8, 4) is 34.3 Å². The molecule has 0 aliphatic rings. The van der Waals surface area contributed by atoms with Gasteiger partial charge in [0, 0.05) is 24.2 Å². The SMILES string of the molecule is CCCCCCCCCCCCCCn1c(-c2ccc(O)cc2)c(O)c(=O)c2c(O)cc(O)cc21. The molecule has 35 heavy (non-hydrogen) atoms. The van der Waals surface area contributed by atoms with Crippen molar-refractivity contribution in [1.82, 2.24) is 4.57 Å². The Morgan fingerprint density at radius 3 is 1.80 bits per heavy atom. The molecule has 1 heterocycles. The third-order valence-electron chi connectivity index (χ3n) is 6.68. The summed E-state index contributed by atoms with van der Waals surface area (Å²) in [7, 11) is 0. The van der Waals surface area contributed by atoms with Crippen LogP contribution < -0.4 is 5.43 Å². The monoisotopic (exact) mass is 481 g/mol. The van der Waals surface area contributed by atoms with E-state index in [1.807, 2.05) is 0 Å². The smallest absolute Gasteiger partial charge is 0.235 e. The number of unbranched alkanes of at least 4 members (excludes halogenated alkanes) is 11. The predicted octanol–water partition coefficient (Wildman–Crippen LogP) is 7.19. The number of hydrogen-bond donors (Lipinski definition) is 4. The maximum absolute atomic E-state index is 12.9. The summed E-state index contributed by atoms with van der Waals surface area (Å²) in [5, 5.41) is 40.9. The van der Waals surface area contributed by atoms with Crippen molar-refractivity contribution in [2.75, 3.05) is 0 Å². The predicted molar refractivity (Wildman–Crippen MR) is 141 cm³/mol. The average Bonchev–Trinajstić information content (AvgIpc) is 2.83. The van der Waals surface area contributed by atoms with Crippen LogP contribution in [0.3, 0.4) is 0 Å². The van der Waals surface area contributed by atoms with Gasteiger partial charge in [-0.15, -0.1) is 0 Å². The quantitative estimate of drug-likeness (QED) is 0.182. The number of pyridine rings is 1. The Hall–Kier alpha value is -3.15. The van der Waals surface area contributed by atoms with Crippen molar-refractivity contribution in [2.24, 2.45) is 0 Å². The standard InChI is InChI=1S/C29H39NO5/c1-2-3-4-5-6-7-8-9-10-11-12-13-18-30-24-19-23(32)20-25(33)26(24)28(34)29(35)27(30)21-14-16-22(31)17-15-21/h14-17,19-20,31-33,35H,2-13,18H2,1H3. The second kappa shape index (κ2) is 13.1. The van der Waals surface area contributed by atoms with Crippen LogP contribution in [0.2, 0.25) is 0 Å². The van der Waals surface area contributed by atoms with E-state index in [0.29, 0.717) is 23.3 Å². The van der Waals surface area contributed by atoms with Gasteiger partial charge in [0.05, 0.1) is 16.6 Å². The van der Waals surface area contributed by atoms with Gasteiger partial charge in [0.15, 0.2) is 5.75 Å². The van der Waals surface area contributed by atoms with Crippen LogP contribution in [0.4, 0.5) is 0 Å². The van der Waals surface area contributed by atoms with Gasteiger partial charge in [-0.25, -0.2) is 0 Å². The topological polar surface area (TPSA) is 103 Å². The molecule has 0 spiro atoms. The summed E-state index contributed by atoms with van der Waals surface area (Å²) in [4.78, 5) is 12.9. The summed E-state index contributed by atoms with van der Waals surface area (Å²) < 4.78 is 1.79. The summed E-state index contributed by atoms with van der Waals surface area (Å²) >= 11 is 0. The van der Waals surface area contributed by atoms with E-state index < -0.39 is 11.2 Å². The molecular formula is C29H39NO5. The van der Waals surface area contributed by atoms with Crippen LogP contribution in [0.15, 0.2) is 41.2 Å². The number of hydrogen-bond acceptors (Lipinski definition) is 5. The second-order valence-electron chi connectivity index (χ2n) is 9.47. The fourth-order valence-corrected chi connectivity index (χ4v) is 4.77. The van der Waals surface area contributed by atoms with E-state index in [2.05, 4.69) is 6.92 Å². The molecule has 0 aliphatic heterocycles. The average molecular weight is 482 g/mol. The molecule has 0 atom stereocenters. The first-order valence-electron chi connectivity index (χ1n) is 13.0. The number of fused-ring (bicyclic) bond motifs is 1. The van der Waals surface area contributed by atoms with Gasteiger partial charge in [-0.3, -0.25) is 4.79 Å². The minimum Gasteiger partial charge on any atom is -0.508 e. The summed E-state index contributed by atoms with van der Waals surface area (Å²) in [6, 6.07) is 8.82. The third-order valence-corrected chi connectivity index (χ3v) is 6.68. The number of aromatic nitrogens is 1. The van der Waals surface area contributed by atoms with Crippen LogP contribution in [-0.4, -0.2) is 25.0 Å². The molecule has 0 saturated carbocycles. The maximum atomic E-state index is 12.9. The highest BCUT2D eigenvalue weighted by atomic mass is 16.3. The highest BCUT2D eigenvalue weighted by Gasteiger charge is 2.21. The van der Waals surface area contributed by atoms with E-state index >= 15 is 0 Å². The number of benzene rings is 2. The molecule has 3 rings (SSSR count). The summed E-state index contributed by atoms with van der Waals surface area (Å²) in [5.41, 5.74) is 0.569. The second-order valence-corrected chi connectivity index (χ2v) is 9.47. The van der Waals surface area contributed by atoms with Crippen molar-refractivity contribution >= 4 is 10.9 Å². The lowest BCUT2D eigenvalue weighted by molar-refractivity contribution is 0.449. The zero-order valence-electron chi connectivity index (χ0n) is 20.8. The molecule has 0 amide bonds. The Kier molecular flexibility index (Phi) is 9.88. The summed E-state index contributed by atoms with van der Waals surface area (Å²) in [5.74, 6) is -0.886. The Labute approximate surface area is 207 Å². The van der Waals surface area contributed by atoms with Crippen molar-refractivity contribution in [3.05, 3.63) is 46.6 Å².